The highest BCUT2D eigenvalue weighted by Crippen LogP contribution is 2.32. The Morgan fingerprint density at radius 2 is 2.14 bits per heavy atom. The molecule has 0 saturated heterocycles. The summed E-state index contributed by atoms with van der Waals surface area (Å²) in [5.74, 6) is 0.671. The highest BCUT2D eigenvalue weighted by molar-refractivity contribution is 6.41. The minimum absolute atomic E-state index is 0.217. The molecule has 1 aromatic carbocycles. The van der Waals surface area contributed by atoms with Crippen LogP contribution in [0.4, 0.5) is 5.95 Å². The number of nitrogens with zero attached hydrogens (tertiary/aromatic N) is 5. The zero-order chi connectivity index (χ0) is 14.4. The van der Waals surface area contributed by atoms with E-state index in [9.17, 15) is 4.91 Å². The molecule has 7 heteroatoms. The number of aliphatic imine (C=N–C) groups is 2. The van der Waals surface area contributed by atoms with Crippen LogP contribution in [0.15, 0.2) is 46.6 Å². The average molecular weight is 301 g/mol. The van der Waals surface area contributed by atoms with Gasteiger partial charge in [-0.15, -0.1) is 9.89 Å². The SMILES string of the molecule is O=[N+]1C2=NCCN=C2C(c2cccc(Cl)c2)n2ccnc21. The van der Waals surface area contributed by atoms with Gasteiger partial charge in [0.1, 0.15) is 24.5 Å². The third-order valence-electron chi connectivity index (χ3n) is 3.60. The van der Waals surface area contributed by atoms with E-state index in [1.54, 1.807) is 12.4 Å². The number of fused-ring (bicyclic) bond motifs is 2. The molecular formula is C14H11ClN5O+. The third kappa shape index (κ3) is 1.83. The maximum atomic E-state index is 12.4. The van der Waals surface area contributed by atoms with Gasteiger partial charge in [0.15, 0.2) is 0 Å². The van der Waals surface area contributed by atoms with Crippen LogP contribution >= 0.6 is 11.6 Å². The molecule has 1 aromatic heterocycles. The normalized spacial score (nSPS) is 20.4. The van der Waals surface area contributed by atoms with Gasteiger partial charge in [0.2, 0.25) is 0 Å². The van der Waals surface area contributed by atoms with Crippen molar-refractivity contribution < 1.29 is 4.76 Å². The van der Waals surface area contributed by atoms with Crippen LogP contribution in [-0.4, -0.2) is 38.9 Å². The van der Waals surface area contributed by atoms with E-state index >= 15 is 0 Å². The second kappa shape index (κ2) is 4.60. The zero-order valence-corrected chi connectivity index (χ0v) is 11.7. The molecule has 3 heterocycles. The molecule has 2 aromatic rings. The fourth-order valence-electron chi connectivity index (χ4n) is 2.74. The number of rotatable bonds is 1. The first kappa shape index (κ1) is 12.4. The third-order valence-corrected chi connectivity index (χ3v) is 3.83. The average Bonchev–Trinajstić information content (AvgIpc) is 2.97. The molecule has 0 spiro atoms. The first-order valence-electron chi connectivity index (χ1n) is 6.60. The lowest BCUT2D eigenvalue weighted by molar-refractivity contribution is -0.344. The standard InChI is InChI=1S/C14H11ClN5O/c15-10-3-1-2-9(8-10)12-11-13(17-5-4-16-11)20(21)14-18-6-7-19(12)14/h1-3,6-8,12H,4-5H2/q+1. The number of hydrogen-bond acceptors (Lipinski definition) is 4. The monoisotopic (exact) mass is 300 g/mol. The molecule has 104 valence electrons. The van der Waals surface area contributed by atoms with Gasteiger partial charge in [-0.1, -0.05) is 23.7 Å². The summed E-state index contributed by atoms with van der Waals surface area (Å²) in [4.78, 5) is 25.3. The van der Waals surface area contributed by atoms with Crippen LogP contribution in [0.3, 0.4) is 0 Å². The van der Waals surface area contributed by atoms with Gasteiger partial charge in [0.05, 0.1) is 12.7 Å². The highest BCUT2D eigenvalue weighted by atomic mass is 35.5. The van der Waals surface area contributed by atoms with Crippen LogP contribution in [0.2, 0.25) is 5.02 Å². The fraction of sp³-hybridized carbons (Fsp3) is 0.214. The molecule has 0 radical (unpaired) electrons. The number of imidazole rings is 1. The molecule has 4 rings (SSSR count). The quantitative estimate of drug-likeness (QED) is 0.759. The molecule has 0 N–H and O–H groups in total. The molecule has 0 amide bonds. The van der Waals surface area contributed by atoms with Crippen molar-refractivity contribution in [2.75, 3.05) is 13.1 Å². The molecule has 6 nitrogen and oxygen atoms in total. The molecule has 2 aliphatic heterocycles. The molecule has 21 heavy (non-hydrogen) atoms. The first-order chi connectivity index (χ1) is 10.3. The Morgan fingerprint density at radius 1 is 1.29 bits per heavy atom. The Morgan fingerprint density at radius 3 is 3.00 bits per heavy atom. The van der Waals surface area contributed by atoms with Crippen LogP contribution in [0.1, 0.15) is 11.6 Å². The molecule has 0 fully saturated rings. The van der Waals surface area contributed by atoms with Gasteiger partial charge in [0.25, 0.3) is 5.84 Å². The molecule has 0 bridgehead atoms. The summed E-state index contributed by atoms with van der Waals surface area (Å²) in [6.07, 6.45) is 3.38. The topological polar surface area (TPSA) is 62.6 Å². The summed E-state index contributed by atoms with van der Waals surface area (Å²) in [7, 11) is 0. The van der Waals surface area contributed by atoms with E-state index in [-0.39, 0.29) is 6.04 Å². The van der Waals surface area contributed by atoms with Gasteiger partial charge in [0, 0.05) is 9.78 Å². The van der Waals surface area contributed by atoms with E-state index < -0.39 is 0 Å². The van der Waals surface area contributed by atoms with E-state index in [2.05, 4.69) is 15.0 Å². The highest BCUT2D eigenvalue weighted by Gasteiger charge is 2.43. The van der Waals surface area contributed by atoms with Gasteiger partial charge in [-0.05, 0) is 17.7 Å². The number of halogens is 1. The predicted octanol–water partition coefficient (Wildman–Crippen LogP) is 2.40. The van der Waals surface area contributed by atoms with Crippen LogP contribution in [0.25, 0.3) is 0 Å². The van der Waals surface area contributed by atoms with Crippen LogP contribution < -0.4 is 0 Å². The molecule has 1 atom stereocenters. The van der Waals surface area contributed by atoms with E-state index in [4.69, 9.17) is 11.6 Å². The second-order valence-electron chi connectivity index (χ2n) is 4.86. The summed E-state index contributed by atoms with van der Waals surface area (Å²) in [6.45, 7) is 1.12. The van der Waals surface area contributed by atoms with Crippen LogP contribution in [0.5, 0.6) is 0 Å². The van der Waals surface area contributed by atoms with E-state index in [0.717, 1.165) is 10.3 Å². The van der Waals surface area contributed by atoms with E-state index in [1.165, 1.54) is 0 Å². The molecular weight excluding hydrogens is 290 g/mol. The van der Waals surface area contributed by atoms with Crippen LogP contribution in [-0.2, 0) is 0 Å². The summed E-state index contributed by atoms with van der Waals surface area (Å²) in [5.41, 5.74) is 1.63. The predicted molar refractivity (Wildman–Crippen MR) is 79.7 cm³/mol. The van der Waals surface area contributed by atoms with Crippen molar-refractivity contribution in [1.82, 2.24) is 9.55 Å². The number of benzene rings is 1. The molecule has 2 aliphatic rings. The molecule has 1 unspecified atom stereocenters. The Labute approximate surface area is 125 Å². The van der Waals surface area contributed by atoms with Crippen molar-refractivity contribution >= 4 is 29.1 Å². The lowest BCUT2D eigenvalue weighted by Crippen LogP contribution is -2.41. The summed E-state index contributed by atoms with van der Waals surface area (Å²) in [5, 5.41) is 0.647. The summed E-state index contributed by atoms with van der Waals surface area (Å²) < 4.78 is 2.56. The molecule has 0 aliphatic carbocycles. The van der Waals surface area contributed by atoms with E-state index in [1.807, 2.05) is 28.8 Å². The van der Waals surface area contributed by atoms with Crippen molar-refractivity contribution in [3.05, 3.63) is 52.2 Å². The van der Waals surface area contributed by atoms with Gasteiger partial charge in [-0.3, -0.25) is 4.99 Å². The largest absolute Gasteiger partial charge is 0.396 e. The number of hydrogen-bond donors (Lipinski definition) is 0. The minimum Gasteiger partial charge on any atom is -0.277 e. The minimum atomic E-state index is -0.217. The van der Waals surface area contributed by atoms with Gasteiger partial charge in [-0.25, -0.2) is 4.57 Å². The molecule has 0 saturated carbocycles. The van der Waals surface area contributed by atoms with Gasteiger partial charge in [-0.2, -0.15) is 4.99 Å². The Bertz CT molecular complexity index is 807. The Hall–Kier alpha value is -2.34. The Kier molecular flexibility index (Phi) is 2.71. The van der Waals surface area contributed by atoms with Crippen LogP contribution in [0, 0.1) is 4.91 Å². The van der Waals surface area contributed by atoms with Gasteiger partial charge < -0.3 is 0 Å². The van der Waals surface area contributed by atoms with Crippen molar-refractivity contribution in [2.45, 2.75) is 6.04 Å². The second-order valence-corrected chi connectivity index (χ2v) is 5.30. The number of aromatic nitrogens is 2. The Balaban J connectivity index is 1.97. The zero-order valence-electron chi connectivity index (χ0n) is 11.0. The van der Waals surface area contributed by atoms with E-state index in [0.29, 0.717) is 35.6 Å². The summed E-state index contributed by atoms with van der Waals surface area (Å²) >= 11 is 6.10. The maximum Gasteiger partial charge on any atom is 0.396 e. The fourth-order valence-corrected chi connectivity index (χ4v) is 2.94. The first-order valence-corrected chi connectivity index (χ1v) is 6.98. The van der Waals surface area contributed by atoms with Crippen molar-refractivity contribution in [1.29, 1.82) is 0 Å². The maximum absolute atomic E-state index is 12.4. The van der Waals surface area contributed by atoms with Crippen molar-refractivity contribution in [3.8, 4) is 0 Å². The smallest absolute Gasteiger partial charge is 0.277 e. The lowest BCUT2D eigenvalue weighted by atomic mass is 9.98. The van der Waals surface area contributed by atoms with Gasteiger partial charge >= 0.3 is 5.95 Å². The number of amidine groups is 1. The number of nitroso groups, excluding NO2 is 1. The lowest BCUT2D eigenvalue weighted by Gasteiger charge is -2.24. The van der Waals surface area contributed by atoms with Crippen molar-refractivity contribution in [2.24, 2.45) is 9.98 Å². The summed E-state index contributed by atoms with van der Waals surface area (Å²) in [6, 6.07) is 7.34. The van der Waals surface area contributed by atoms with Crippen molar-refractivity contribution in [3.63, 3.8) is 0 Å².